The number of alkyl halides is 2. The molecule has 0 amide bonds. The summed E-state index contributed by atoms with van der Waals surface area (Å²) in [6.07, 6.45) is -1.43. The first-order valence-electron chi connectivity index (χ1n) is 5.33. The summed E-state index contributed by atoms with van der Waals surface area (Å²) >= 11 is 3.04. The van der Waals surface area contributed by atoms with Crippen LogP contribution in [0.2, 0.25) is 0 Å². The highest BCUT2D eigenvalue weighted by Gasteiger charge is 2.37. The first-order valence-corrected chi connectivity index (χ1v) is 6.12. The molecule has 4 nitrogen and oxygen atoms in total. The van der Waals surface area contributed by atoms with E-state index in [-0.39, 0.29) is 15.8 Å². The molecular formula is C12H13BrF2O4. The van der Waals surface area contributed by atoms with Crippen LogP contribution in [0.5, 0.6) is 11.5 Å². The zero-order chi connectivity index (χ0) is 14.6. The maximum atomic E-state index is 14.0. The molecule has 0 unspecified atom stereocenters. The van der Waals surface area contributed by atoms with E-state index in [2.05, 4.69) is 15.9 Å². The molecule has 1 rings (SSSR count). The number of ether oxygens (including phenoxy) is 2. The van der Waals surface area contributed by atoms with Gasteiger partial charge in [0.15, 0.2) is 0 Å². The van der Waals surface area contributed by atoms with Gasteiger partial charge in [0, 0.05) is 17.0 Å². The molecule has 7 heteroatoms. The van der Waals surface area contributed by atoms with Crippen molar-refractivity contribution in [2.24, 2.45) is 0 Å². The Labute approximate surface area is 117 Å². The summed E-state index contributed by atoms with van der Waals surface area (Å²) in [6, 6.07) is 2.71. The van der Waals surface area contributed by atoms with Crippen molar-refractivity contribution in [1.29, 1.82) is 0 Å². The van der Waals surface area contributed by atoms with Crippen molar-refractivity contribution in [2.75, 3.05) is 14.2 Å². The predicted molar refractivity (Wildman–Crippen MR) is 68.0 cm³/mol. The second kappa shape index (κ2) is 6.18. The number of carboxylic acids is 1. The molecule has 0 saturated heterocycles. The molecule has 106 valence electrons. The predicted octanol–water partition coefficient (Wildman–Crippen LogP) is 3.42. The minimum Gasteiger partial charge on any atom is -0.497 e. The third-order valence-corrected chi connectivity index (χ3v) is 3.13. The molecule has 0 fully saturated rings. The summed E-state index contributed by atoms with van der Waals surface area (Å²) in [6.45, 7) is 0. The van der Waals surface area contributed by atoms with Crippen LogP contribution in [0.15, 0.2) is 16.6 Å². The maximum absolute atomic E-state index is 14.0. The van der Waals surface area contributed by atoms with Crippen molar-refractivity contribution in [3.63, 3.8) is 0 Å². The molecule has 19 heavy (non-hydrogen) atoms. The van der Waals surface area contributed by atoms with Crippen LogP contribution in [-0.4, -0.2) is 25.3 Å². The fourth-order valence-corrected chi connectivity index (χ4v) is 2.29. The third-order valence-electron chi connectivity index (χ3n) is 2.50. The second-order valence-electron chi connectivity index (χ2n) is 3.78. The monoisotopic (exact) mass is 338 g/mol. The summed E-state index contributed by atoms with van der Waals surface area (Å²) in [7, 11) is 2.67. The highest BCUT2D eigenvalue weighted by Crippen LogP contribution is 2.44. The summed E-state index contributed by atoms with van der Waals surface area (Å²) in [5.41, 5.74) is -0.378. The van der Waals surface area contributed by atoms with Crippen molar-refractivity contribution in [1.82, 2.24) is 0 Å². The van der Waals surface area contributed by atoms with Crippen molar-refractivity contribution < 1.29 is 28.2 Å². The Hall–Kier alpha value is -1.37. The molecule has 0 aliphatic heterocycles. The van der Waals surface area contributed by atoms with Gasteiger partial charge >= 0.3 is 5.97 Å². The average Bonchev–Trinajstić information content (AvgIpc) is 2.35. The standard InChI is InChI=1S/C12H13BrF2O4/c1-18-7-5-8(13)11(9(6-7)19-2)12(14,15)4-3-10(16)17/h5-6H,3-4H2,1-2H3,(H,16,17). The van der Waals surface area contributed by atoms with E-state index in [1.807, 2.05) is 0 Å². The van der Waals surface area contributed by atoms with E-state index < -0.39 is 24.7 Å². The Kier molecular flexibility index (Phi) is 5.11. The van der Waals surface area contributed by atoms with Crippen LogP contribution in [0.1, 0.15) is 18.4 Å². The van der Waals surface area contributed by atoms with Crippen LogP contribution in [0.25, 0.3) is 0 Å². The lowest BCUT2D eigenvalue weighted by atomic mass is 10.0. The van der Waals surface area contributed by atoms with Crippen molar-refractivity contribution in [3.05, 3.63) is 22.2 Å². The van der Waals surface area contributed by atoms with E-state index in [1.165, 1.54) is 26.4 Å². The van der Waals surface area contributed by atoms with Gasteiger partial charge in [0.05, 0.1) is 26.2 Å². The van der Waals surface area contributed by atoms with Crippen molar-refractivity contribution in [3.8, 4) is 11.5 Å². The molecule has 1 aromatic carbocycles. The fraction of sp³-hybridized carbons (Fsp3) is 0.417. The number of rotatable bonds is 6. The Balaban J connectivity index is 3.20. The normalized spacial score (nSPS) is 11.2. The van der Waals surface area contributed by atoms with Crippen LogP contribution >= 0.6 is 15.9 Å². The first-order chi connectivity index (χ1) is 8.81. The Bertz CT molecular complexity index is 477. The number of carbonyl (C=O) groups is 1. The summed E-state index contributed by atoms with van der Waals surface area (Å²) in [5, 5.41) is 8.51. The smallest absolute Gasteiger partial charge is 0.303 e. The van der Waals surface area contributed by atoms with Gasteiger partial charge in [-0.2, -0.15) is 0 Å². The van der Waals surface area contributed by atoms with E-state index in [0.717, 1.165) is 0 Å². The lowest BCUT2D eigenvalue weighted by molar-refractivity contribution is -0.139. The lowest BCUT2D eigenvalue weighted by Crippen LogP contribution is -2.17. The molecule has 1 N–H and O–H groups in total. The molecule has 0 heterocycles. The number of hydrogen-bond acceptors (Lipinski definition) is 3. The fourth-order valence-electron chi connectivity index (χ4n) is 1.58. The molecular weight excluding hydrogens is 326 g/mol. The molecule has 0 radical (unpaired) electrons. The zero-order valence-corrected chi connectivity index (χ0v) is 12.0. The molecule has 0 aromatic heterocycles. The maximum Gasteiger partial charge on any atom is 0.303 e. The van der Waals surface area contributed by atoms with Crippen LogP contribution in [0.4, 0.5) is 8.78 Å². The minimum atomic E-state index is -3.31. The quantitative estimate of drug-likeness (QED) is 0.863. The first kappa shape index (κ1) is 15.7. The molecule has 0 spiro atoms. The highest BCUT2D eigenvalue weighted by atomic mass is 79.9. The molecule has 0 aliphatic carbocycles. The number of halogens is 3. The number of methoxy groups -OCH3 is 2. The van der Waals surface area contributed by atoms with Crippen LogP contribution < -0.4 is 9.47 Å². The van der Waals surface area contributed by atoms with Crippen molar-refractivity contribution >= 4 is 21.9 Å². The van der Waals surface area contributed by atoms with Gasteiger partial charge in [0.25, 0.3) is 5.92 Å². The summed E-state index contributed by atoms with van der Waals surface area (Å²) < 4.78 is 38.1. The Morgan fingerprint density at radius 1 is 1.37 bits per heavy atom. The molecule has 1 aromatic rings. The topological polar surface area (TPSA) is 55.8 Å². The number of benzene rings is 1. The summed E-state index contributed by atoms with van der Waals surface area (Å²) in [5.74, 6) is -4.28. The van der Waals surface area contributed by atoms with E-state index in [9.17, 15) is 13.6 Å². The van der Waals surface area contributed by atoms with Crippen LogP contribution in [-0.2, 0) is 10.7 Å². The van der Waals surface area contributed by atoms with Crippen molar-refractivity contribution in [2.45, 2.75) is 18.8 Å². The minimum absolute atomic E-state index is 0.0541. The van der Waals surface area contributed by atoms with Gasteiger partial charge in [-0.15, -0.1) is 0 Å². The van der Waals surface area contributed by atoms with Gasteiger partial charge in [-0.25, -0.2) is 8.78 Å². The lowest BCUT2D eigenvalue weighted by Gasteiger charge is -2.21. The number of aliphatic carboxylic acids is 1. The number of hydrogen-bond donors (Lipinski definition) is 1. The Morgan fingerprint density at radius 2 is 2.00 bits per heavy atom. The Morgan fingerprint density at radius 3 is 2.47 bits per heavy atom. The SMILES string of the molecule is COc1cc(Br)c(C(F)(F)CCC(=O)O)c(OC)c1. The van der Waals surface area contributed by atoms with Crippen LogP contribution in [0, 0.1) is 0 Å². The molecule has 0 aliphatic rings. The van der Waals surface area contributed by atoms with E-state index in [0.29, 0.717) is 5.75 Å². The largest absolute Gasteiger partial charge is 0.497 e. The van der Waals surface area contributed by atoms with Gasteiger partial charge in [0.2, 0.25) is 0 Å². The van der Waals surface area contributed by atoms with E-state index in [1.54, 1.807) is 0 Å². The molecule has 0 saturated carbocycles. The number of carboxylic acid groups (broad SMARTS) is 1. The summed E-state index contributed by atoms with van der Waals surface area (Å²) in [4.78, 5) is 10.4. The van der Waals surface area contributed by atoms with E-state index >= 15 is 0 Å². The van der Waals surface area contributed by atoms with E-state index in [4.69, 9.17) is 14.6 Å². The van der Waals surface area contributed by atoms with Gasteiger partial charge in [-0.05, 0) is 6.07 Å². The van der Waals surface area contributed by atoms with Gasteiger partial charge < -0.3 is 14.6 Å². The van der Waals surface area contributed by atoms with Gasteiger partial charge in [-0.1, -0.05) is 15.9 Å². The van der Waals surface area contributed by atoms with Gasteiger partial charge in [-0.3, -0.25) is 4.79 Å². The van der Waals surface area contributed by atoms with Gasteiger partial charge in [0.1, 0.15) is 11.5 Å². The molecule has 0 bridgehead atoms. The second-order valence-corrected chi connectivity index (χ2v) is 4.64. The highest BCUT2D eigenvalue weighted by molar-refractivity contribution is 9.10. The molecule has 0 atom stereocenters. The average molecular weight is 339 g/mol. The third kappa shape index (κ3) is 3.79. The zero-order valence-electron chi connectivity index (χ0n) is 10.4. The van der Waals surface area contributed by atoms with Crippen LogP contribution in [0.3, 0.4) is 0 Å².